The van der Waals surface area contributed by atoms with E-state index >= 15 is 0 Å². The zero-order valence-electron chi connectivity index (χ0n) is 12.4. The van der Waals surface area contributed by atoms with Crippen LogP contribution in [0.4, 0.5) is 0 Å². The van der Waals surface area contributed by atoms with Gasteiger partial charge in [0, 0.05) is 17.9 Å². The molecule has 3 nitrogen and oxygen atoms in total. The van der Waals surface area contributed by atoms with Crippen molar-refractivity contribution < 1.29 is 15.2 Å². The van der Waals surface area contributed by atoms with Crippen molar-refractivity contribution in [2.45, 2.75) is 25.0 Å². The minimum absolute atomic E-state index is 0.303. The summed E-state index contributed by atoms with van der Waals surface area (Å²) in [7, 11) is 0. The van der Waals surface area contributed by atoms with Gasteiger partial charge in [0.2, 0.25) is 0 Å². The SMILES string of the molecule is O[C@@H](C[NH2+]C1Cc2ccccc2C1)COc1ccc(Cl)cc1. The number of fused-ring (bicyclic) bond motifs is 1. The topological polar surface area (TPSA) is 46.1 Å². The number of halogens is 1. The second-order valence-corrected chi connectivity index (χ2v) is 6.26. The second-order valence-electron chi connectivity index (χ2n) is 5.83. The summed E-state index contributed by atoms with van der Waals surface area (Å²) in [5.41, 5.74) is 2.88. The van der Waals surface area contributed by atoms with Gasteiger partial charge in [-0.15, -0.1) is 0 Å². The molecule has 0 bridgehead atoms. The molecule has 0 radical (unpaired) electrons. The number of quaternary nitrogens is 1. The number of aliphatic hydroxyl groups excluding tert-OH is 1. The van der Waals surface area contributed by atoms with Crippen molar-refractivity contribution in [1.82, 2.24) is 0 Å². The van der Waals surface area contributed by atoms with Crippen molar-refractivity contribution in [3.8, 4) is 5.75 Å². The first kappa shape index (κ1) is 15.3. The van der Waals surface area contributed by atoms with Gasteiger partial charge in [0.1, 0.15) is 25.0 Å². The van der Waals surface area contributed by atoms with Crippen molar-refractivity contribution in [1.29, 1.82) is 0 Å². The molecule has 0 amide bonds. The fraction of sp³-hybridized carbons (Fsp3) is 0.333. The molecule has 116 valence electrons. The van der Waals surface area contributed by atoms with Crippen LogP contribution in [0, 0.1) is 0 Å². The summed E-state index contributed by atoms with van der Waals surface area (Å²) >= 11 is 5.83. The van der Waals surface area contributed by atoms with Gasteiger partial charge < -0.3 is 15.2 Å². The first-order valence-corrected chi connectivity index (χ1v) is 8.05. The molecule has 0 heterocycles. The van der Waals surface area contributed by atoms with Crippen LogP contribution in [-0.2, 0) is 12.8 Å². The van der Waals surface area contributed by atoms with E-state index in [0.29, 0.717) is 24.2 Å². The highest BCUT2D eigenvalue weighted by atomic mass is 35.5. The summed E-state index contributed by atoms with van der Waals surface area (Å²) in [6.45, 7) is 0.962. The highest BCUT2D eigenvalue weighted by Gasteiger charge is 2.24. The minimum atomic E-state index is -0.473. The Labute approximate surface area is 135 Å². The lowest BCUT2D eigenvalue weighted by molar-refractivity contribution is -0.693. The van der Waals surface area contributed by atoms with Crippen molar-refractivity contribution in [3.05, 3.63) is 64.7 Å². The fourth-order valence-electron chi connectivity index (χ4n) is 2.90. The average molecular weight is 319 g/mol. The summed E-state index contributed by atoms with van der Waals surface area (Å²) in [5, 5.41) is 13.0. The van der Waals surface area contributed by atoms with Crippen LogP contribution >= 0.6 is 11.6 Å². The molecule has 0 saturated carbocycles. The minimum Gasteiger partial charge on any atom is -0.491 e. The Balaban J connectivity index is 1.40. The standard InChI is InChI=1S/C18H20ClNO2/c19-15-5-7-18(8-6-15)22-12-17(21)11-20-16-9-13-3-1-2-4-14(13)10-16/h1-8,16-17,20-21H,9-12H2/p+1/t17-/m0/s1. The number of ether oxygens (including phenoxy) is 1. The summed E-state index contributed by atoms with van der Waals surface area (Å²) in [6, 6.07) is 16.3. The summed E-state index contributed by atoms with van der Waals surface area (Å²) in [6.07, 6.45) is 1.70. The van der Waals surface area contributed by atoms with Crippen molar-refractivity contribution in [2.24, 2.45) is 0 Å². The molecule has 0 spiro atoms. The lowest BCUT2D eigenvalue weighted by Gasteiger charge is -2.14. The Kier molecular flexibility index (Phi) is 4.98. The third kappa shape index (κ3) is 4.01. The molecule has 0 fully saturated rings. The highest BCUT2D eigenvalue weighted by Crippen LogP contribution is 2.19. The Hall–Kier alpha value is -1.55. The third-order valence-electron chi connectivity index (χ3n) is 4.08. The molecule has 0 unspecified atom stereocenters. The Morgan fingerprint density at radius 1 is 1.09 bits per heavy atom. The molecule has 2 aromatic carbocycles. The second kappa shape index (κ2) is 7.14. The average Bonchev–Trinajstić information content (AvgIpc) is 2.95. The van der Waals surface area contributed by atoms with Crippen LogP contribution < -0.4 is 10.1 Å². The Morgan fingerprint density at radius 3 is 2.36 bits per heavy atom. The first-order valence-electron chi connectivity index (χ1n) is 7.67. The Bertz CT molecular complexity index is 590. The van der Waals surface area contributed by atoms with Crippen LogP contribution in [0.15, 0.2) is 48.5 Å². The monoisotopic (exact) mass is 318 g/mol. The number of benzene rings is 2. The molecule has 0 aromatic heterocycles. The quantitative estimate of drug-likeness (QED) is 0.853. The van der Waals surface area contributed by atoms with Crippen LogP contribution in [0.2, 0.25) is 5.02 Å². The normalized spacial score (nSPS) is 15.5. The summed E-state index contributed by atoms with van der Waals surface area (Å²) in [4.78, 5) is 0. The molecule has 1 atom stereocenters. The highest BCUT2D eigenvalue weighted by molar-refractivity contribution is 6.30. The van der Waals surface area contributed by atoms with Crippen molar-refractivity contribution in [3.63, 3.8) is 0 Å². The largest absolute Gasteiger partial charge is 0.491 e. The molecular weight excluding hydrogens is 298 g/mol. The van der Waals surface area contributed by atoms with Crippen LogP contribution in [0.1, 0.15) is 11.1 Å². The maximum absolute atomic E-state index is 10.1. The van der Waals surface area contributed by atoms with Crippen LogP contribution in [0.3, 0.4) is 0 Å². The third-order valence-corrected chi connectivity index (χ3v) is 4.33. The van der Waals surface area contributed by atoms with Gasteiger partial charge in [0.25, 0.3) is 0 Å². The molecule has 3 N–H and O–H groups in total. The number of aliphatic hydroxyl groups is 1. The predicted molar refractivity (Wildman–Crippen MR) is 87.4 cm³/mol. The molecule has 3 rings (SSSR count). The molecule has 22 heavy (non-hydrogen) atoms. The summed E-state index contributed by atoms with van der Waals surface area (Å²) in [5.74, 6) is 0.733. The van der Waals surface area contributed by atoms with Crippen LogP contribution in [0.25, 0.3) is 0 Å². The van der Waals surface area contributed by atoms with Crippen LogP contribution in [-0.4, -0.2) is 30.4 Å². The Morgan fingerprint density at radius 2 is 1.73 bits per heavy atom. The molecule has 1 aliphatic rings. The smallest absolute Gasteiger partial charge is 0.137 e. The van der Waals surface area contributed by atoms with Gasteiger partial charge in [-0.1, -0.05) is 35.9 Å². The molecule has 4 heteroatoms. The lowest BCUT2D eigenvalue weighted by Crippen LogP contribution is -2.92. The molecule has 0 saturated heterocycles. The van der Waals surface area contributed by atoms with E-state index in [2.05, 4.69) is 29.6 Å². The molecule has 2 aromatic rings. The molecule has 1 aliphatic carbocycles. The first-order chi connectivity index (χ1) is 10.7. The maximum Gasteiger partial charge on any atom is 0.137 e. The van der Waals surface area contributed by atoms with E-state index in [4.69, 9.17) is 16.3 Å². The van der Waals surface area contributed by atoms with E-state index in [1.54, 1.807) is 12.1 Å². The molecular formula is C18H21ClNO2+. The number of nitrogens with two attached hydrogens (primary N) is 1. The van der Waals surface area contributed by atoms with E-state index in [9.17, 15) is 5.11 Å². The van der Waals surface area contributed by atoms with E-state index in [-0.39, 0.29) is 0 Å². The zero-order chi connectivity index (χ0) is 15.4. The number of hydrogen-bond acceptors (Lipinski definition) is 2. The van der Waals surface area contributed by atoms with E-state index < -0.39 is 6.10 Å². The van der Waals surface area contributed by atoms with E-state index in [0.717, 1.165) is 18.6 Å². The van der Waals surface area contributed by atoms with Gasteiger partial charge in [-0.2, -0.15) is 0 Å². The van der Waals surface area contributed by atoms with Crippen LogP contribution in [0.5, 0.6) is 5.75 Å². The molecule has 0 aliphatic heterocycles. The van der Waals surface area contributed by atoms with Gasteiger partial charge >= 0.3 is 0 Å². The van der Waals surface area contributed by atoms with Gasteiger partial charge in [0.15, 0.2) is 0 Å². The fourth-order valence-corrected chi connectivity index (χ4v) is 3.03. The zero-order valence-corrected chi connectivity index (χ0v) is 13.2. The number of rotatable bonds is 6. The maximum atomic E-state index is 10.1. The number of hydrogen-bond donors (Lipinski definition) is 2. The van der Waals surface area contributed by atoms with Crippen molar-refractivity contribution >= 4 is 11.6 Å². The van der Waals surface area contributed by atoms with Gasteiger partial charge in [-0.05, 0) is 35.4 Å². The van der Waals surface area contributed by atoms with Gasteiger partial charge in [-0.25, -0.2) is 0 Å². The van der Waals surface area contributed by atoms with Crippen molar-refractivity contribution in [2.75, 3.05) is 13.2 Å². The summed E-state index contributed by atoms with van der Waals surface area (Å²) < 4.78 is 5.57. The lowest BCUT2D eigenvalue weighted by atomic mass is 10.1. The predicted octanol–water partition coefficient (Wildman–Crippen LogP) is 1.81. The van der Waals surface area contributed by atoms with Gasteiger partial charge in [-0.3, -0.25) is 0 Å². The van der Waals surface area contributed by atoms with E-state index in [1.807, 2.05) is 12.1 Å². The van der Waals surface area contributed by atoms with E-state index in [1.165, 1.54) is 11.1 Å². The van der Waals surface area contributed by atoms with Gasteiger partial charge in [0.05, 0.1) is 6.04 Å².